The van der Waals surface area contributed by atoms with Crippen molar-refractivity contribution in [2.75, 3.05) is 32.8 Å². The van der Waals surface area contributed by atoms with Crippen LogP contribution >= 0.6 is 0 Å². The zero-order valence-electron chi connectivity index (χ0n) is 13.8. The molecule has 0 aromatic heterocycles. The largest absolute Gasteiger partial charge is 0.494 e. The molecule has 0 bridgehead atoms. The van der Waals surface area contributed by atoms with Gasteiger partial charge in [0.1, 0.15) is 17.4 Å². The van der Waals surface area contributed by atoms with Crippen LogP contribution in [-0.4, -0.2) is 37.7 Å². The zero-order valence-corrected chi connectivity index (χ0v) is 13.8. The van der Waals surface area contributed by atoms with Crippen molar-refractivity contribution < 1.29 is 13.5 Å². The van der Waals surface area contributed by atoms with E-state index in [4.69, 9.17) is 4.74 Å². The number of benzene rings is 2. The van der Waals surface area contributed by atoms with Crippen LogP contribution in [0.3, 0.4) is 0 Å². The van der Waals surface area contributed by atoms with Gasteiger partial charge in [0.15, 0.2) is 0 Å². The minimum atomic E-state index is -0.554. The smallest absolute Gasteiger partial charge is 0.131 e. The average Bonchev–Trinajstić information content (AvgIpc) is 2.60. The van der Waals surface area contributed by atoms with Crippen LogP contribution in [0.4, 0.5) is 8.78 Å². The lowest BCUT2D eigenvalue weighted by Crippen LogP contribution is -2.45. The molecule has 3 rings (SSSR count). The minimum Gasteiger partial charge on any atom is -0.494 e. The highest BCUT2D eigenvalue weighted by atomic mass is 19.1. The molecule has 0 aliphatic carbocycles. The van der Waals surface area contributed by atoms with E-state index in [9.17, 15) is 8.78 Å². The molecule has 0 amide bonds. The van der Waals surface area contributed by atoms with E-state index < -0.39 is 11.6 Å². The maximum absolute atomic E-state index is 14.4. The summed E-state index contributed by atoms with van der Waals surface area (Å²) in [5.74, 6) is -0.269. The summed E-state index contributed by atoms with van der Waals surface area (Å²) in [7, 11) is 0. The summed E-state index contributed by atoms with van der Waals surface area (Å²) in [6.45, 7) is 5.88. The average molecular weight is 332 g/mol. The maximum atomic E-state index is 14.4. The van der Waals surface area contributed by atoms with Gasteiger partial charge in [-0.05, 0) is 30.7 Å². The van der Waals surface area contributed by atoms with E-state index in [1.54, 1.807) is 6.07 Å². The van der Waals surface area contributed by atoms with Gasteiger partial charge in [-0.15, -0.1) is 0 Å². The lowest BCUT2D eigenvalue weighted by molar-refractivity contribution is 0.195. The second kappa shape index (κ2) is 7.73. The lowest BCUT2D eigenvalue weighted by atomic mass is 9.95. The van der Waals surface area contributed by atoms with Gasteiger partial charge in [0, 0.05) is 37.8 Å². The van der Waals surface area contributed by atoms with E-state index in [2.05, 4.69) is 10.2 Å². The van der Waals surface area contributed by atoms with Gasteiger partial charge in [0.25, 0.3) is 0 Å². The summed E-state index contributed by atoms with van der Waals surface area (Å²) in [4.78, 5) is 2.22. The van der Waals surface area contributed by atoms with Crippen LogP contribution in [0.15, 0.2) is 42.5 Å². The van der Waals surface area contributed by atoms with Crippen LogP contribution in [0.5, 0.6) is 5.75 Å². The first-order valence-corrected chi connectivity index (χ1v) is 8.31. The molecule has 1 saturated heterocycles. The molecule has 1 N–H and O–H groups in total. The molecule has 24 heavy (non-hydrogen) atoms. The van der Waals surface area contributed by atoms with E-state index in [-0.39, 0.29) is 6.04 Å². The second-order valence-corrected chi connectivity index (χ2v) is 5.86. The summed E-state index contributed by atoms with van der Waals surface area (Å²) >= 11 is 0. The predicted octanol–water partition coefficient (Wildman–Crippen LogP) is 3.36. The Morgan fingerprint density at radius 1 is 1.08 bits per heavy atom. The molecular weight excluding hydrogens is 310 g/mol. The third kappa shape index (κ3) is 3.74. The van der Waals surface area contributed by atoms with Crippen molar-refractivity contribution in [2.24, 2.45) is 0 Å². The van der Waals surface area contributed by atoms with E-state index in [1.165, 1.54) is 6.07 Å². The Hall–Kier alpha value is -1.98. The molecule has 5 heteroatoms. The molecule has 1 atom stereocenters. The standard InChI is InChI=1S/C19H22F2N2O/c1-2-24-16-6-3-14(4-7-16)19(23-11-9-22-10-12-23)17-8-5-15(20)13-18(17)21/h3-8,13,19,22H,2,9-12H2,1H3. The van der Waals surface area contributed by atoms with Gasteiger partial charge in [0.2, 0.25) is 0 Å². The SMILES string of the molecule is CCOc1ccc(C(c2ccc(F)cc2F)N2CCNCC2)cc1. The molecular formula is C19H22F2N2O. The quantitative estimate of drug-likeness (QED) is 0.909. The Kier molecular flexibility index (Phi) is 5.43. The summed E-state index contributed by atoms with van der Waals surface area (Å²) < 4.78 is 33.2. The molecule has 1 heterocycles. The van der Waals surface area contributed by atoms with Crippen LogP contribution in [-0.2, 0) is 0 Å². The normalized spacial score (nSPS) is 16.8. The van der Waals surface area contributed by atoms with Gasteiger partial charge in [-0.2, -0.15) is 0 Å². The van der Waals surface area contributed by atoms with Crippen LogP contribution in [0, 0.1) is 11.6 Å². The van der Waals surface area contributed by atoms with Crippen molar-refractivity contribution in [3.8, 4) is 5.75 Å². The topological polar surface area (TPSA) is 24.5 Å². The summed E-state index contributed by atoms with van der Waals surface area (Å²) in [6, 6.07) is 11.3. The number of hydrogen-bond donors (Lipinski definition) is 1. The van der Waals surface area contributed by atoms with Gasteiger partial charge < -0.3 is 10.1 Å². The molecule has 1 fully saturated rings. The fourth-order valence-electron chi connectivity index (χ4n) is 3.16. The Balaban J connectivity index is 1.97. The highest BCUT2D eigenvalue weighted by Gasteiger charge is 2.26. The summed E-state index contributed by atoms with van der Waals surface area (Å²) in [5.41, 5.74) is 1.48. The predicted molar refractivity (Wildman–Crippen MR) is 90.3 cm³/mol. The van der Waals surface area contributed by atoms with Gasteiger partial charge in [0.05, 0.1) is 12.6 Å². The second-order valence-electron chi connectivity index (χ2n) is 5.86. The van der Waals surface area contributed by atoms with Crippen molar-refractivity contribution in [3.05, 3.63) is 65.2 Å². The van der Waals surface area contributed by atoms with Crippen molar-refractivity contribution >= 4 is 0 Å². The van der Waals surface area contributed by atoms with Gasteiger partial charge in [-0.1, -0.05) is 18.2 Å². The number of nitrogens with one attached hydrogen (secondary N) is 1. The number of rotatable bonds is 5. The number of halogens is 2. The first-order chi connectivity index (χ1) is 11.7. The number of piperazine rings is 1. The molecule has 3 nitrogen and oxygen atoms in total. The van der Waals surface area contributed by atoms with Crippen molar-refractivity contribution in [1.82, 2.24) is 10.2 Å². The van der Waals surface area contributed by atoms with E-state index in [0.29, 0.717) is 12.2 Å². The van der Waals surface area contributed by atoms with Crippen molar-refractivity contribution in [2.45, 2.75) is 13.0 Å². The third-order valence-electron chi connectivity index (χ3n) is 4.28. The van der Waals surface area contributed by atoms with E-state index in [1.807, 2.05) is 31.2 Å². The highest BCUT2D eigenvalue weighted by Crippen LogP contribution is 2.32. The number of ether oxygens (including phenoxy) is 1. The molecule has 1 aliphatic heterocycles. The summed E-state index contributed by atoms with van der Waals surface area (Å²) in [6.07, 6.45) is 0. The number of hydrogen-bond acceptors (Lipinski definition) is 3. The van der Waals surface area contributed by atoms with E-state index >= 15 is 0 Å². The fourth-order valence-corrected chi connectivity index (χ4v) is 3.16. The Bertz CT molecular complexity index is 670. The van der Waals surface area contributed by atoms with Crippen LogP contribution in [0.2, 0.25) is 0 Å². The first kappa shape index (κ1) is 16.9. The minimum absolute atomic E-state index is 0.233. The first-order valence-electron chi connectivity index (χ1n) is 8.31. The van der Waals surface area contributed by atoms with E-state index in [0.717, 1.165) is 43.6 Å². The zero-order chi connectivity index (χ0) is 16.9. The fraction of sp³-hybridized carbons (Fsp3) is 0.368. The molecule has 0 radical (unpaired) electrons. The molecule has 1 unspecified atom stereocenters. The summed E-state index contributed by atoms with van der Waals surface area (Å²) in [5, 5.41) is 3.31. The lowest BCUT2D eigenvalue weighted by Gasteiger charge is -2.35. The molecule has 0 spiro atoms. The van der Waals surface area contributed by atoms with Crippen molar-refractivity contribution in [3.63, 3.8) is 0 Å². The maximum Gasteiger partial charge on any atom is 0.131 e. The van der Waals surface area contributed by atoms with Gasteiger partial charge in [-0.3, -0.25) is 4.90 Å². The highest BCUT2D eigenvalue weighted by molar-refractivity contribution is 5.36. The number of nitrogens with zero attached hydrogens (tertiary/aromatic N) is 1. The Labute approximate surface area is 141 Å². The molecule has 0 saturated carbocycles. The van der Waals surface area contributed by atoms with Gasteiger partial charge >= 0.3 is 0 Å². The Morgan fingerprint density at radius 3 is 2.42 bits per heavy atom. The van der Waals surface area contributed by atoms with Crippen LogP contribution in [0.1, 0.15) is 24.1 Å². The monoisotopic (exact) mass is 332 g/mol. The molecule has 128 valence electrons. The molecule has 1 aliphatic rings. The third-order valence-corrected chi connectivity index (χ3v) is 4.28. The molecule has 2 aromatic carbocycles. The van der Waals surface area contributed by atoms with Crippen LogP contribution in [0.25, 0.3) is 0 Å². The molecule has 2 aromatic rings. The Morgan fingerprint density at radius 2 is 1.79 bits per heavy atom. The van der Waals surface area contributed by atoms with Crippen LogP contribution < -0.4 is 10.1 Å². The van der Waals surface area contributed by atoms with Crippen molar-refractivity contribution in [1.29, 1.82) is 0 Å². The van der Waals surface area contributed by atoms with Gasteiger partial charge in [-0.25, -0.2) is 8.78 Å².